The van der Waals surface area contributed by atoms with Crippen molar-refractivity contribution in [1.29, 1.82) is 0 Å². The fraction of sp³-hybridized carbons (Fsp3) is 0.417. The van der Waals surface area contributed by atoms with E-state index in [0.29, 0.717) is 6.42 Å². The minimum absolute atomic E-state index is 0.205. The van der Waals surface area contributed by atoms with E-state index in [1.54, 1.807) is 6.92 Å². The van der Waals surface area contributed by atoms with Crippen LogP contribution < -0.4 is 4.74 Å². The number of carbonyl (C=O) groups is 1. The summed E-state index contributed by atoms with van der Waals surface area (Å²) in [6.45, 7) is 3.68. The molecule has 0 aromatic heterocycles. The Morgan fingerprint density at radius 2 is 2.36 bits per heavy atom. The lowest BCUT2D eigenvalue weighted by Gasteiger charge is -2.02. The van der Waals surface area contributed by atoms with Crippen molar-refractivity contribution in [3.8, 4) is 5.75 Å². The lowest BCUT2D eigenvalue weighted by atomic mass is 10.0. The molecule has 1 unspecified atom stereocenters. The molecule has 14 heavy (non-hydrogen) atoms. The summed E-state index contributed by atoms with van der Waals surface area (Å²) in [5.41, 5.74) is 2.32. The molecule has 0 radical (unpaired) electrons. The maximum Gasteiger partial charge on any atom is 0.134 e. The van der Waals surface area contributed by atoms with Gasteiger partial charge in [0.2, 0.25) is 0 Å². The Labute approximate surface area is 83.9 Å². The molecule has 0 spiro atoms. The molecular weight excluding hydrogens is 176 g/mol. The summed E-state index contributed by atoms with van der Waals surface area (Å²) < 4.78 is 5.58. The van der Waals surface area contributed by atoms with E-state index in [-0.39, 0.29) is 11.9 Å². The molecule has 0 amide bonds. The van der Waals surface area contributed by atoms with Gasteiger partial charge in [0.25, 0.3) is 0 Å². The first kappa shape index (κ1) is 9.25. The van der Waals surface area contributed by atoms with Crippen molar-refractivity contribution in [3.63, 3.8) is 0 Å². The first-order valence-electron chi connectivity index (χ1n) is 4.93. The van der Waals surface area contributed by atoms with Gasteiger partial charge in [-0.3, -0.25) is 4.79 Å². The molecule has 2 nitrogen and oxygen atoms in total. The molecule has 0 fully saturated rings. The molecule has 1 aliphatic rings. The molecule has 0 bridgehead atoms. The number of rotatable bonds is 2. The monoisotopic (exact) mass is 190 g/mol. The fourth-order valence-corrected chi connectivity index (χ4v) is 1.87. The van der Waals surface area contributed by atoms with Gasteiger partial charge >= 0.3 is 0 Å². The standard InChI is InChI=1S/C12H14O2/c1-8(13)5-10-3-4-12-11(7-10)6-9(2)14-12/h3-4,7,9H,5-6H2,1-2H3. The third-order valence-electron chi connectivity index (χ3n) is 2.41. The largest absolute Gasteiger partial charge is 0.490 e. The van der Waals surface area contributed by atoms with Gasteiger partial charge in [0.05, 0.1) is 0 Å². The fourth-order valence-electron chi connectivity index (χ4n) is 1.87. The molecule has 0 N–H and O–H groups in total. The van der Waals surface area contributed by atoms with Crippen molar-refractivity contribution in [2.75, 3.05) is 0 Å². The van der Waals surface area contributed by atoms with Gasteiger partial charge in [0.15, 0.2) is 0 Å². The number of hydrogen-bond donors (Lipinski definition) is 0. The highest BCUT2D eigenvalue weighted by Crippen LogP contribution is 2.29. The first-order valence-corrected chi connectivity index (χ1v) is 4.93. The van der Waals surface area contributed by atoms with E-state index in [0.717, 1.165) is 17.7 Å². The summed E-state index contributed by atoms with van der Waals surface area (Å²) in [7, 11) is 0. The van der Waals surface area contributed by atoms with Crippen LogP contribution >= 0.6 is 0 Å². The maximum absolute atomic E-state index is 10.9. The number of Topliss-reactive ketones (excluding diaryl/α,β-unsaturated/α-hetero) is 1. The molecular formula is C12H14O2. The third kappa shape index (κ3) is 1.79. The highest BCUT2D eigenvalue weighted by molar-refractivity contribution is 5.78. The van der Waals surface area contributed by atoms with E-state index in [1.165, 1.54) is 5.56 Å². The van der Waals surface area contributed by atoms with Crippen molar-refractivity contribution in [1.82, 2.24) is 0 Å². The van der Waals surface area contributed by atoms with Gasteiger partial charge in [-0.25, -0.2) is 0 Å². The lowest BCUT2D eigenvalue weighted by molar-refractivity contribution is -0.116. The Balaban J connectivity index is 2.24. The predicted octanol–water partition coefficient (Wildman–Crippen LogP) is 2.14. The maximum atomic E-state index is 10.9. The SMILES string of the molecule is CC(=O)Cc1ccc2c(c1)CC(C)O2. The second kappa shape index (κ2) is 3.45. The Hall–Kier alpha value is -1.31. The summed E-state index contributed by atoms with van der Waals surface area (Å²) in [4.78, 5) is 10.9. The van der Waals surface area contributed by atoms with Gasteiger partial charge in [0, 0.05) is 12.8 Å². The average Bonchev–Trinajstić information content (AvgIpc) is 2.42. The Bertz CT molecular complexity index is 369. The van der Waals surface area contributed by atoms with Gasteiger partial charge in [-0.2, -0.15) is 0 Å². The molecule has 1 aromatic rings. The van der Waals surface area contributed by atoms with Crippen LogP contribution in [0, 0.1) is 0 Å². The number of benzene rings is 1. The lowest BCUT2D eigenvalue weighted by Crippen LogP contribution is -2.05. The van der Waals surface area contributed by atoms with Crippen LogP contribution in [0.1, 0.15) is 25.0 Å². The highest BCUT2D eigenvalue weighted by atomic mass is 16.5. The van der Waals surface area contributed by atoms with Crippen LogP contribution in [0.25, 0.3) is 0 Å². The van der Waals surface area contributed by atoms with E-state index in [1.807, 2.05) is 12.1 Å². The molecule has 0 saturated carbocycles. The van der Waals surface area contributed by atoms with Crippen molar-refractivity contribution >= 4 is 5.78 Å². The minimum atomic E-state index is 0.205. The van der Waals surface area contributed by atoms with Crippen LogP contribution in [0.5, 0.6) is 5.75 Å². The Morgan fingerprint density at radius 3 is 3.07 bits per heavy atom. The second-order valence-electron chi connectivity index (χ2n) is 3.95. The molecule has 0 aliphatic carbocycles. The summed E-state index contributed by atoms with van der Waals surface area (Å²) in [5.74, 6) is 1.18. The van der Waals surface area contributed by atoms with Gasteiger partial charge in [-0.15, -0.1) is 0 Å². The smallest absolute Gasteiger partial charge is 0.134 e. The van der Waals surface area contributed by atoms with E-state index < -0.39 is 0 Å². The summed E-state index contributed by atoms with van der Waals surface area (Å²) in [6, 6.07) is 6.02. The van der Waals surface area contributed by atoms with E-state index in [4.69, 9.17) is 4.74 Å². The van der Waals surface area contributed by atoms with Crippen LogP contribution in [0.4, 0.5) is 0 Å². The number of fused-ring (bicyclic) bond motifs is 1. The topological polar surface area (TPSA) is 26.3 Å². The number of ketones is 1. The molecule has 2 rings (SSSR count). The van der Waals surface area contributed by atoms with E-state index in [9.17, 15) is 4.79 Å². The Morgan fingerprint density at radius 1 is 1.57 bits per heavy atom. The van der Waals surface area contributed by atoms with E-state index in [2.05, 4.69) is 13.0 Å². The quantitative estimate of drug-likeness (QED) is 0.714. The zero-order valence-corrected chi connectivity index (χ0v) is 8.54. The molecule has 1 aromatic carbocycles. The zero-order valence-electron chi connectivity index (χ0n) is 8.54. The van der Waals surface area contributed by atoms with Crippen LogP contribution in [-0.4, -0.2) is 11.9 Å². The summed E-state index contributed by atoms with van der Waals surface area (Å²) in [5, 5.41) is 0. The summed E-state index contributed by atoms with van der Waals surface area (Å²) >= 11 is 0. The van der Waals surface area contributed by atoms with Crippen molar-refractivity contribution < 1.29 is 9.53 Å². The Kier molecular flexibility index (Phi) is 2.28. The van der Waals surface area contributed by atoms with Crippen LogP contribution in [0.2, 0.25) is 0 Å². The zero-order chi connectivity index (χ0) is 10.1. The minimum Gasteiger partial charge on any atom is -0.490 e. The molecule has 74 valence electrons. The number of ether oxygens (including phenoxy) is 1. The molecule has 1 heterocycles. The van der Waals surface area contributed by atoms with Crippen molar-refractivity contribution in [3.05, 3.63) is 29.3 Å². The van der Waals surface area contributed by atoms with Gasteiger partial charge < -0.3 is 4.74 Å². The van der Waals surface area contributed by atoms with Crippen LogP contribution in [-0.2, 0) is 17.6 Å². The average molecular weight is 190 g/mol. The molecule has 0 saturated heterocycles. The third-order valence-corrected chi connectivity index (χ3v) is 2.41. The van der Waals surface area contributed by atoms with Crippen LogP contribution in [0.15, 0.2) is 18.2 Å². The van der Waals surface area contributed by atoms with E-state index >= 15 is 0 Å². The van der Waals surface area contributed by atoms with Crippen molar-refractivity contribution in [2.24, 2.45) is 0 Å². The predicted molar refractivity (Wildman–Crippen MR) is 54.6 cm³/mol. The highest BCUT2D eigenvalue weighted by Gasteiger charge is 2.18. The second-order valence-corrected chi connectivity index (χ2v) is 3.95. The van der Waals surface area contributed by atoms with Gasteiger partial charge in [-0.05, 0) is 31.0 Å². The van der Waals surface area contributed by atoms with Crippen LogP contribution in [0.3, 0.4) is 0 Å². The van der Waals surface area contributed by atoms with Gasteiger partial charge in [-0.1, -0.05) is 12.1 Å². The number of carbonyl (C=O) groups excluding carboxylic acids is 1. The number of hydrogen-bond acceptors (Lipinski definition) is 2. The molecule has 2 heteroatoms. The van der Waals surface area contributed by atoms with Gasteiger partial charge in [0.1, 0.15) is 17.6 Å². The van der Waals surface area contributed by atoms with Crippen molar-refractivity contribution in [2.45, 2.75) is 32.8 Å². The molecule has 1 aliphatic heterocycles. The summed E-state index contributed by atoms with van der Waals surface area (Å²) in [6.07, 6.45) is 1.76. The molecule has 1 atom stereocenters. The first-order chi connectivity index (χ1) is 6.65. The normalized spacial score (nSPS) is 18.9.